The summed E-state index contributed by atoms with van der Waals surface area (Å²) in [5, 5.41) is 4.13. The van der Waals surface area contributed by atoms with Gasteiger partial charge in [0, 0.05) is 10.7 Å². The number of benzene rings is 1. The van der Waals surface area contributed by atoms with Crippen LogP contribution >= 0.6 is 22.3 Å². The smallest absolute Gasteiger partial charge is 0.232 e. The molecule has 1 heterocycles. The molecule has 0 unspecified atom stereocenters. The van der Waals surface area contributed by atoms with E-state index in [1.54, 1.807) is 0 Å². The van der Waals surface area contributed by atoms with E-state index in [1.165, 1.54) is 32.0 Å². The molecule has 1 aromatic carbocycles. The van der Waals surface area contributed by atoms with Crippen LogP contribution in [0, 0.1) is 19.7 Å². The third kappa shape index (κ3) is 2.48. The van der Waals surface area contributed by atoms with Gasteiger partial charge in [-0.05, 0) is 26.0 Å². The summed E-state index contributed by atoms with van der Waals surface area (Å²) < 4.78 is 37.9. The quantitative estimate of drug-likeness (QED) is 0.798. The predicted octanol–water partition coefficient (Wildman–Crippen LogP) is 3.21. The van der Waals surface area contributed by atoms with Gasteiger partial charge in [0.2, 0.25) is 0 Å². The SMILES string of the molecule is Cc1nn(-c2c(F)cccc2Cl)c(C)c1S(=O)(=O)Cl. The number of halogens is 3. The van der Waals surface area contributed by atoms with Crippen molar-refractivity contribution in [3.05, 3.63) is 40.4 Å². The topological polar surface area (TPSA) is 52.0 Å². The standard InChI is InChI=1S/C11H9Cl2FN2O2S/c1-6-11(19(13,17)18)7(2)16(15-6)10-8(12)4-3-5-9(10)14/h3-5H,1-2H3. The van der Waals surface area contributed by atoms with Gasteiger partial charge in [-0.25, -0.2) is 17.5 Å². The fourth-order valence-electron chi connectivity index (χ4n) is 1.89. The molecule has 0 atom stereocenters. The molecule has 1 aromatic heterocycles. The lowest BCUT2D eigenvalue weighted by atomic mass is 10.3. The summed E-state index contributed by atoms with van der Waals surface area (Å²) >= 11 is 5.93. The van der Waals surface area contributed by atoms with Crippen molar-refractivity contribution in [3.63, 3.8) is 0 Å². The number of para-hydroxylation sites is 1. The maximum atomic E-state index is 13.8. The lowest BCUT2D eigenvalue weighted by molar-refractivity contribution is 0.604. The summed E-state index contributed by atoms with van der Waals surface area (Å²) in [6.07, 6.45) is 0. The molecule has 2 rings (SSSR count). The van der Waals surface area contributed by atoms with E-state index in [0.29, 0.717) is 0 Å². The summed E-state index contributed by atoms with van der Waals surface area (Å²) in [7, 11) is 1.39. The maximum absolute atomic E-state index is 13.8. The minimum absolute atomic E-state index is 0.00340. The summed E-state index contributed by atoms with van der Waals surface area (Å²) in [5.41, 5.74) is 0.391. The number of rotatable bonds is 2. The second kappa shape index (κ2) is 4.77. The molecule has 0 amide bonds. The second-order valence-corrected chi connectivity index (χ2v) is 6.83. The molecule has 0 aliphatic heterocycles. The lowest BCUT2D eigenvalue weighted by Crippen LogP contribution is -2.04. The van der Waals surface area contributed by atoms with Gasteiger partial charge in [-0.1, -0.05) is 17.7 Å². The normalized spacial score (nSPS) is 11.8. The largest absolute Gasteiger partial charge is 0.264 e. The van der Waals surface area contributed by atoms with E-state index in [4.69, 9.17) is 22.3 Å². The number of hydrogen-bond donors (Lipinski definition) is 0. The second-order valence-electron chi connectivity index (χ2n) is 3.92. The highest BCUT2D eigenvalue weighted by Crippen LogP contribution is 2.29. The summed E-state index contributed by atoms with van der Waals surface area (Å²) in [5.74, 6) is -0.600. The van der Waals surface area contributed by atoms with E-state index in [0.717, 1.165) is 4.68 Å². The monoisotopic (exact) mass is 322 g/mol. The first-order valence-corrected chi connectivity index (χ1v) is 7.87. The average molecular weight is 323 g/mol. The van der Waals surface area contributed by atoms with Crippen LogP contribution in [0.3, 0.4) is 0 Å². The van der Waals surface area contributed by atoms with Crippen LogP contribution in [0.2, 0.25) is 5.02 Å². The molecule has 0 aliphatic rings. The van der Waals surface area contributed by atoms with Crippen LogP contribution in [0.15, 0.2) is 23.1 Å². The zero-order chi connectivity index (χ0) is 14.4. The van der Waals surface area contributed by atoms with Crippen LogP contribution in [-0.4, -0.2) is 18.2 Å². The Morgan fingerprint density at radius 3 is 2.42 bits per heavy atom. The highest BCUT2D eigenvalue weighted by Gasteiger charge is 2.24. The Labute approximate surface area is 119 Å². The molecule has 2 aromatic rings. The van der Waals surface area contributed by atoms with E-state index in [1.807, 2.05) is 0 Å². The third-order valence-electron chi connectivity index (χ3n) is 2.62. The summed E-state index contributed by atoms with van der Waals surface area (Å²) in [6, 6.07) is 4.16. The molecule has 0 N–H and O–H groups in total. The van der Waals surface area contributed by atoms with Crippen LogP contribution in [0.4, 0.5) is 4.39 Å². The van der Waals surface area contributed by atoms with E-state index < -0.39 is 14.9 Å². The first-order chi connectivity index (χ1) is 8.73. The first-order valence-electron chi connectivity index (χ1n) is 5.18. The molecular formula is C11H9Cl2FN2O2S. The lowest BCUT2D eigenvalue weighted by Gasteiger charge is -2.08. The van der Waals surface area contributed by atoms with Gasteiger partial charge in [-0.2, -0.15) is 5.10 Å². The molecule has 0 fully saturated rings. The first kappa shape index (κ1) is 14.3. The molecule has 0 saturated carbocycles. The van der Waals surface area contributed by atoms with Gasteiger partial charge >= 0.3 is 0 Å². The number of nitrogens with zero attached hydrogens (tertiary/aromatic N) is 2. The molecular weight excluding hydrogens is 314 g/mol. The van der Waals surface area contributed by atoms with E-state index in [9.17, 15) is 12.8 Å². The zero-order valence-corrected chi connectivity index (χ0v) is 12.3. The molecule has 0 saturated heterocycles. The van der Waals surface area contributed by atoms with E-state index >= 15 is 0 Å². The van der Waals surface area contributed by atoms with Crippen LogP contribution in [-0.2, 0) is 9.05 Å². The average Bonchev–Trinajstić information content (AvgIpc) is 2.53. The van der Waals surface area contributed by atoms with Gasteiger partial charge < -0.3 is 0 Å². The van der Waals surface area contributed by atoms with Crippen molar-refractivity contribution in [1.29, 1.82) is 0 Å². The Bertz CT molecular complexity index is 736. The Morgan fingerprint density at radius 2 is 1.95 bits per heavy atom. The third-order valence-corrected chi connectivity index (χ3v) is 4.46. The van der Waals surface area contributed by atoms with Crippen LogP contribution in [0.25, 0.3) is 5.69 Å². The fraction of sp³-hybridized carbons (Fsp3) is 0.182. The van der Waals surface area contributed by atoms with Crippen molar-refractivity contribution in [2.45, 2.75) is 18.7 Å². The van der Waals surface area contributed by atoms with Gasteiger partial charge in [0.05, 0.1) is 16.4 Å². The Hall–Kier alpha value is -1.11. The van der Waals surface area contributed by atoms with Crippen molar-refractivity contribution in [1.82, 2.24) is 9.78 Å². The van der Waals surface area contributed by atoms with Crippen molar-refractivity contribution in [2.24, 2.45) is 0 Å². The van der Waals surface area contributed by atoms with E-state index in [-0.39, 0.29) is 27.0 Å². The van der Waals surface area contributed by atoms with Gasteiger partial charge in [0.1, 0.15) is 16.4 Å². The summed E-state index contributed by atoms with van der Waals surface area (Å²) in [6.45, 7) is 2.96. The van der Waals surface area contributed by atoms with Gasteiger partial charge in [0.15, 0.2) is 0 Å². The highest BCUT2D eigenvalue weighted by atomic mass is 35.7. The van der Waals surface area contributed by atoms with Crippen molar-refractivity contribution in [3.8, 4) is 5.69 Å². The molecule has 0 spiro atoms. The van der Waals surface area contributed by atoms with Crippen molar-refractivity contribution in [2.75, 3.05) is 0 Å². The Balaban J connectivity index is 2.80. The maximum Gasteiger partial charge on any atom is 0.264 e. The molecule has 102 valence electrons. The van der Waals surface area contributed by atoms with Gasteiger partial charge in [-0.15, -0.1) is 0 Å². The molecule has 0 bridgehead atoms. The molecule has 0 radical (unpaired) electrons. The van der Waals surface area contributed by atoms with Crippen LogP contribution < -0.4 is 0 Å². The van der Waals surface area contributed by atoms with Gasteiger partial charge in [-0.3, -0.25) is 0 Å². The molecule has 8 heteroatoms. The fourth-order valence-corrected chi connectivity index (χ4v) is 3.64. The Kier molecular flexibility index (Phi) is 3.59. The Morgan fingerprint density at radius 1 is 1.32 bits per heavy atom. The van der Waals surface area contributed by atoms with E-state index in [2.05, 4.69) is 5.10 Å². The van der Waals surface area contributed by atoms with Crippen LogP contribution in [0.5, 0.6) is 0 Å². The van der Waals surface area contributed by atoms with Gasteiger partial charge in [0.25, 0.3) is 9.05 Å². The van der Waals surface area contributed by atoms with Crippen LogP contribution in [0.1, 0.15) is 11.4 Å². The minimum atomic E-state index is -3.95. The van der Waals surface area contributed by atoms with Crippen molar-refractivity contribution >= 4 is 31.3 Å². The zero-order valence-electron chi connectivity index (χ0n) is 9.99. The number of aryl methyl sites for hydroxylation is 1. The minimum Gasteiger partial charge on any atom is -0.232 e. The predicted molar refractivity (Wildman–Crippen MR) is 71.0 cm³/mol. The number of aromatic nitrogens is 2. The molecule has 19 heavy (non-hydrogen) atoms. The highest BCUT2D eigenvalue weighted by molar-refractivity contribution is 8.13. The summed E-state index contributed by atoms with van der Waals surface area (Å²) in [4.78, 5) is -0.131. The number of hydrogen-bond acceptors (Lipinski definition) is 3. The molecule has 4 nitrogen and oxygen atoms in total. The molecule has 0 aliphatic carbocycles. The van der Waals surface area contributed by atoms with Crippen molar-refractivity contribution < 1.29 is 12.8 Å².